The maximum absolute atomic E-state index is 12.4. The zero-order chi connectivity index (χ0) is 17.4. The molecule has 134 valence electrons. The van der Waals surface area contributed by atoms with Crippen LogP contribution in [0, 0.1) is 0 Å². The first-order valence-electron chi connectivity index (χ1n) is 8.72. The third-order valence-corrected chi connectivity index (χ3v) is 5.19. The second kappa shape index (κ2) is 9.66. The molecule has 2 amide bonds. The lowest BCUT2D eigenvalue weighted by molar-refractivity contribution is -0.128. The van der Waals surface area contributed by atoms with Gasteiger partial charge in [0.15, 0.2) is 5.16 Å². The van der Waals surface area contributed by atoms with Crippen molar-refractivity contribution in [3.05, 3.63) is 5.82 Å². The van der Waals surface area contributed by atoms with Crippen LogP contribution < -0.4 is 5.73 Å². The highest BCUT2D eigenvalue weighted by atomic mass is 32.2. The molecule has 2 rings (SSSR count). The van der Waals surface area contributed by atoms with E-state index >= 15 is 0 Å². The van der Waals surface area contributed by atoms with E-state index in [0.717, 1.165) is 36.9 Å². The summed E-state index contributed by atoms with van der Waals surface area (Å²) in [5.74, 6) is 0.958. The van der Waals surface area contributed by atoms with Crippen molar-refractivity contribution in [1.82, 2.24) is 19.7 Å². The molecular weight excluding hydrogens is 326 g/mol. The van der Waals surface area contributed by atoms with Gasteiger partial charge in [-0.15, -0.1) is 10.2 Å². The van der Waals surface area contributed by atoms with Gasteiger partial charge in [-0.1, -0.05) is 31.0 Å². The highest BCUT2D eigenvalue weighted by molar-refractivity contribution is 7.99. The van der Waals surface area contributed by atoms with Crippen molar-refractivity contribution in [3.8, 4) is 0 Å². The van der Waals surface area contributed by atoms with Gasteiger partial charge in [0.2, 0.25) is 11.8 Å². The lowest BCUT2D eigenvalue weighted by Crippen LogP contribution is -2.35. The topological polar surface area (TPSA) is 94.1 Å². The predicted molar refractivity (Wildman–Crippen MR) is 93.6 cm³/mol. The van der Waals surface area contributed by atoms with E-state index < -0.39 is 0 Å². The molecule has 2 N–H and O–H groups in total. The fourth-order valence-corrected chi connectivity index (χ4v) is 3.80. The smallest absolute Gasteiger partial charge is 0.233 e. The molecule has 24 heavy (non-hydrogen) atoms. The van der Waals surface area contributed by atoms with E-state index in [0.29, 0.717) is 18.7 Å². The molecule has 0 aliphatic carbocycles. The minimum absolute atomic E-state index is 0.172. The Kier molecular flexibility index (Phi) is 7.55. The molecule has 1 aliphatic heterocycles. The molecule has 7 nitrogen and oxygen atoms in total. The maximum Gasteiger partial charge on any atom is 0.233 e. The van der Waals surface area contributed by atoms with Crippen molar-refractivity contribution in [2.45, 2.75) is 63.6 Å². The Bertz CT molecular complexity index is 553. The van der Waals surface area contributed by atoms with Crippen molar-refractivity contribution in [2.75, 3.05) is 18.8 Å². The van der Waals surface area contributed by atoms with Gasteiger partial charge in [-0.2, -0.15) is 0 Å². The fraction of sp³-hybridized carbons (Fsp3) is 0.750. The summed E-state index contributed by atoms with van der Waals surface area (Å²) in [6.45, 7) is 4.44. The number of nitrogens with zero attached hydrogens (tertiary/aromatic N) is 4. The monoisotopic (exact) mass is 353 g/mol. The molecule has 2 heterocycles. The van der Waals surface area contributed by atoms with Gasteiger partial charge in [-0.3, -0.25) is 9.59 Å². The predicted octanol–water partition coefficient (Wildman–Crippen LogP) is 1.60. The maximum atomic E-state index is 12.4. The Labute approximate surface area is 147 Å². The van der Waals surface area contributed by atoms with Gasteiger partial charge in [0.1, 0.15) is 5.82 Å². The normalized spacial score (nSPS) is 15.8. The number of aryl methyl sites for hydroxylation is 1. The van der Waals surface area contributed by atoms with Gasteiger partial charge in [0.25, 0.3) is 0 Å². The second-order valence-corrected chi connectivity index (χ2v) is 6.99. The van der Waals surface area contributed by atoms with Crippen molar-refractivity contribution < 1.29 is 9.59 Å². The molecule has 1 aliphatic rings. The molecule has 0 atom stereocenters. The van der Waals surface area contributed by atoms with E-state index in [-0.39, 0.29) is 18.2 Å². The third-order valence-electron chi connectivity index (χ3n) is 4.24. The van der Waals surface area contributed by atoms with Crippen molar-refractivity contribution in [3.63, 3.8) is 0 Å². The fourth-order valence-electron chi connectivity index (χ4n) is 2.88. The number of carbonyl (C=O) groups excluding carboxylic acids is 2. The number of amides is 2. The number of rotatable bonds is 7. The minimum atomic E-state index is -0.345. The van der Waals surface area contributed by atoms with Crippen LogP contribution in [0.4, 0.5) is 0 Å². The molecule has 1 aromatic rings. The van der Waals surface area contributed by atoms with Crippen LogP contribution in [0.2, 0.25) is 0 Å². The highest BCUT2D eigenvalue weighted by Crippen LogP contribution is 2.19. The Morgan fingerprint density at radius 1 is 1.12 bits per heavy atom. The highest BCUT2D eigenvalue weighted by Gasteiger charge is 2.18. The number of thioether (sulfide) groups is 1. The number of hydrogen-bond donors (Lipinski definition) is 1. The summed E-state index contributed by atoms with van der Waals surface area (Å²) >= 11 is 1.42. The van der Waals surface area contributed by atoms with Crippen molar-refractivity contribution >= 4 is 23.6 Å². The lowest BCUT2D eigenvalue weighted by atomic mass is 10.1. The molecule has 1 fully saturated rings. The average Bonchev–Trinajstić information content (AvgIpc) is 2.92. The van der Waals surface area contributed by atoms with Crippen LogP contribution in [0.1, 0.15) is 51.3 Å². The van der Waals surface area contributed by atoms with Crippen LogP contribution >= 0.6 is 11.8 Å². The van der Waals surface area contributed by atoms with Crippen LogP contribution in [0.3, 0.4) is 0 Å². The summed E-state index contributed by atoms with van der Waals surface area (Å²) < 4.78 is 1.95. The number of primary amides is 1. The van der Waals surface area contributed by atoms with Crippen LogP contribution in [0.15, 0.2) is 5.16 Å². The van der Waals surface area contributed by atoms with Gasteiger partial charge in [0, 0.05) is 32.5 Å². The molecule has 1 aromatic heterocycles. The molecule has 0 spiro atoms. The number of nitrogens with two attached hydrogens (primary N) is 1. The van der Waals surface area contributed by atoms with Crippen LogP contribution in [-0.2, 0) is 22.6 Å². The molecule has 0 unspecified atom stereocenters. The lowest BCUT2D eigenvalue weighted by Gasteiger charge is -2.24. The Morgan fingerprint density at radius 3 is 2.42 bits per heavy atom. The molecule has 8 heteroatoms. The average molecular weight is 353 g/mol. The Morgan fingerprint density at radius 2 is 1.79 bits per heavy atom. The Balaban J connectivity index is 1.90. The number of aromatic nitrogens is 3. The largest absolute Gasteiger partial charge is 0.370 e. The van der Waals surface area contributed by atoms with E-state index in [9.17, 15) is 9.59 Å². The number of hydrogen-bond acceptors (Lipinski definition) is 5. The SMILES string of the molecule is CCn1c(CCC(N)=O)nnc1SCC(=O)N1CCCCCCC1. The van der Waals surface area contributed by atoms with Crippen molar-refractivity contribution in [1.29, 1.82) is 0 Å². The van der Waals surface area contributed by atoms with E-state index in [1.54, 1.807) is 0 Å². The number of carbonyl (C=O) groups is 2. The third kappa shape index (κ3) is 5.51. The molecule has 0 saturated carbocycles. The number of likely N-dealkylation sites (tertiary alicyclic amines) is 1. The zero-order valence-electron chi connectivity index (χ0n) is 14.4. The van der Waals surface area contributed by atoms with Crippen molar-refractivity contribution in [2.24, 2.45) is 5.73 Å². The van der Waals surface area contributed by atoms with E-state index in [2.05, 4.69) is 10.2 Å². The molecule has 1 saturated heterocycles. The molecular formula is C16H27N5O2S. The molecule has 0 aromatic carbocycles. The first-order chi connectivity index (χ1) is 11.6. The summed E-state index contributed by atoms with van der Waals surface area (Å²) in [5, 5.41) is 9.04. The quantitative estimate of drug-likeness (QED) is 0.752. The van der Waals surface area contributed by atoms with Gasteiger partial charge in [0.05, 0.1) is 5.75 Å². The summed E-state index contributed by atoms with van der Waals surface area (Å²) in [4.78, 5) is 25.4. The van der Waals surface area contributed by atoms with E-state index in [1.807, 2.05) is 16.4 Å². The summed E-state index contributed by atoms with van der Waals surface area (Å²) in [7, 11) is 0. The van der Waals surface area contributed by atoms with E-state index in [1.165, 1.54) is 31.0 Å². The van der Waals surface area contributed by atoms with Crippen LogP contribution in [-0.4, -0.2) is 50.3 Å². The van der Waals surface area contributed by atoms with Gasteiger partial charge in [-0.25, -0.2) is 0 Å². The first kappa shape index (κ1) is 18.8. The van der Waals surface area contributed by atoms with Crippen LogP contribution in [0.5, 0.6) is 0 Å². The standard InChI is InChI=1S/C16H27N5O2S/c1-2-21-14(9-8-13(17)22)18-19-16(21)24-12-15(23)20-10-6-4-3-5-7-11-20/h2-12H2,1H3,(H2,17,22). The van der Waals surface area contributed by atoms with E-state index in [4.69, 9.17) is 5.73 Å². The van der Waals surface area contributed by atoms with Gasteiger partial charge >= 0.3 is 0 Å². The Hall–Kier alpha value is -1.57. The second-order valence-electron chi connectivity index (χ2n) is 6.05. The minimum Gasteiger partial charge on any atom is -0.370 e. The zero-order valence-corrected chi connectivity index (χ0v) is 15.2. The summed E-state index contributed by atoms with van der Waals surface area (Å²) in [5.41, 5.74) is 5.19. The summed E-state index contributed by atoms with van der Waals surface area (Å²) in [6.07, 6.45) is 6.64. The van der Waals surface area contributed by atoms with Gasteiger partial charge in [-0.05, 0) is 19.8 Å². The molecule has 0 bridgehead atoms. The first-order valence-corrected chi connectivity index (χ1v) is 9.71. The van der Waals surface area contributed by atoms with Gasteiger partial charge < -0.3 is 15.2 Å². The van der Waals surface area contributed by atoms with Crippen LogP contribution in [0.25, 0.3) is 0 Å². The summed E-state index contributed by atoms with van der Waals surface area (Å²) in [6, 6.07) is 0. The molecule has 0 radical (unpaired) electrons.